The molecule has 0 amide bonds. The minimum Gasteiger partial charge on any atom is -0.305 e. The van der Waals surface area contributed by atoms with Crippen molar-refractivity contribution in [3.05, 3.63) is 0 Å². The van der Waals surface area contributed by atoms with Crippen LogP contribution in [0, 0.1) is 0 Å². The number of nitrogens with zero attached hydrogens (tertiary/aromatic N) is 3. The van der Waals surface area contributed by atoms with Gasteiger partial charge in [0.05, 0.1) is 0 Å². The van der Waals surface area contributed by atoms with Crippen LogP contribution in [0.25, 0.3) is 0 Å². The fourth-order valence-corrected chi connectivity index (χ4v) is 4.04. The van der Waals surface area contributed by atoms with Crippen LogP contribution in [0.3, 0.4) is 0 Å². The highest BCUT2D eigenvalue weighted by Crippen LogP contribution is 2.30. The van der Waals surface area contributed by atoms with Crippen LogP contribution < -0.4 is 0 Å². The summed E-state index contributed by atoms with van der Waals surface area (Å²) in [4.78, 5) is 7.90. The molecule has 3 unspecified atom stereocenters. The van der Waals surface area contributed by atoms with Crippen LogP contribution in [0.1, 0.15) is 40.0 Å². The van der Waals surface area contributed by atoms with Gasteiger partial charge in [-0.25, -0.2) is 0 Å². The second kappa shape index (κ2) is 5.89. The van der Waals surface area contributed by atoms with E-state index >= 15 is 0 Å². The van der Waals surface area contributed by atoms with Gasteiger partial charge in [-0.15, -0.1) is 0 Å². The lowest BCUT2D eigenvalue weighted by molar-refractivity contribution is 0.0750. The van der Waals surface area contributed by atoms with Gasteiger partial charge < -0.3 is 9.80 Å². The standard InChI is InChI=1S/C15H31N3/c1-12(2)18-13(3)7-8-14(18)15-11-16(4)9-6-10-17(15)5/h12-15H,6-11H2,1-5H3. The highest BCUT2D eigenvalue weighted by Gasteiger charge is 2.39. The molecular formula is C15H31N3. The Hall–Kier alpha value is -0.120. The Morgan fingerprint density at radius 2 is 1.72 bits per heavy atom. The van der Waals surface area contributed by atoms with Gasteiger partial charge in [-0.1, -0.05) is 0 Å². The van der Waals surface area contributed by atoms with Crippen LogP contribution in [-0.2, 0) is 0 Å². The number of likely N-dealkylation sites (tertiary alicyclic amines) is 1. The van der Waals surface area contributed by atoms with Gasteiger partial charge in [0.25, 0.3) is 0 Å². The van der Waals surface area contributed by atoms with E-state index in [4.69, 9.17) is 0 Å². The molecule has 2 saturated heterocycles. The third kappa shape index (κ3) is 2.89. The van der Waals surface area contributed by atoms with Gasteiger partial charge in [-0.3, -0.25) is 4.90 Å². The predicted molar refractivity (Wildman–Crippen MR) is 78.0 cm³/mol. The van der Waals surface area contributed by atoms with Gasteiger partial charge in [0.15, 0.2) is 0 Å². The van der Waals surface area contributed by atoms with Gasteiger partial charge >= 0.3 is 0 Å². The number of hydrogen-bond donors (Lipinski definition) is 0. The monoisotopic (exact) mass is 253 g/mol. The lowest BCUT2D eigenvalue weighted by atomic mass is 10.0. The molecule has 0 saturated carbocycles. The van der Waals surface area contributed by atoms with Crippen molar-refractivity contribution in [2.24, 2.45) is 0 Å². The maximum Gasteiger partial charge on any atom is 0.0375 e. The average Bonchev–Trinajstić information content (AvgIpc) is 2.59. The Morgan fingerprint density at radius 3 is 2.39 bits per heavy atom. The SMILES string of the molecule is CC(C)N1C(C)CCC1C1CN(C)CCCN1C. The second-order valence-electron chi connectivity index (χ2n) is 6.70. The van der Waals surface area contributed by atoms with Crippen molar-refractivity contribution in [1.82, 2.24) is 14.7 Å². The first-order valence-corrected chi connectivity index (χ1v) is 7.67. The highest BCUT2D eigenvalue weighted by molar-refractivity contribution is 4.96. The first kappa shape index (κ1) is 14.3. The van der Waals surface area contributed by atoms with E-state index in [1.807, 2.05) is 0 Å². The number of rotatable bonds is 2. The molecule has 3 atom stereocenters. The highest BCUT2D eigenvalue weighted by atomic mass is 15.3. The van der Waals surface area contributed by atoms with E-state index in [2.05, 4.69) is 49.6 Å². The summed E-state index contributed by atoms with van der Waals surface area (Å²) in [5.74, 6) is 0. The van der Waals surface area contributed by atoms with E-state index in [0.717, 1.165) is 12.1 Å². The quantitative estimate of drug-likeness (QED) is 0.744. The van der Waals surface area contributed by atoms with Crippen molar-refractivity contribution < 1.29 is 0 Å². The van der Waals surface area contributed by atoms with Crippen LogP contribution in [0.4, 0.5) is 0 Å². The smallest absolute Gasteiger partial charge is 0.0375 e. The molecule has 2 rings (SSSR count). The van der Waals surface area contributed by atoms with Crippen molar-refractivity contribution >= 4 is 0 Å². The zero-order chi connectivity index (χ0) is 13.3. The summed E-state index contributed by atoms with van der Waals surface area (Å²) in [6.45, 7) is 10.9. The molecule has 0 aromatic heterocycles. The third-order valence-electron chi connectivity index (χ3n) is 4.93. The molecule has 3 heteroatoms. The van der Waals surface area contributed by atoms with Crippen LogP contribution in [-0.4, -0.2) is 72.6 Å². The van der Waals surface area contributed by atoms with E-state index in [1.54, 1.807) is 0 Å². The zero-order valence-electron chi connectivity index (χ0n) is 12.9. The summed E-state index contributed by atoms with van der Waals surface area (Å²) in [5, 5.41) is 0. The lowest BCUT2D eigenvalue weighted by Crippen LogP contribution is -2.54. The molecule has 0 radical (unpaired) electrons. The van der Waals surface area contributed by atoms with Crippen LogP contribution in [0.2, 0.25) is 0 Å². The zero-order valence-corrected chi connectivity index (χ0v) is 12.9. The molecule has 0 aromatic carbocycles. The maximum atomic E-state index is 2.76. The molecular weight excluding hydrogens is 222 g/mol. The molecule has 0 spiro atoms. The summed E-state index contributed by atoms with van der Waals surface area (Å²) in [7, 11) is 4.61. The second-order valence-corrected chi connectivity index (χ2v) is 6.70. The molecule has 2 aliphatic rings. The molecule has 3 nitrogen and oxygen atoms in total. The van der Waals surface area contributed by atoms with Crippen molar-refractivity contribution in [2.75, 3.05) is 33.7 Å². The van der Waals surface area contributed by atoms with Gasteiger partial charge in [0.2, 0.25) is 0 Å². The van der Waals surface area contributed by atoms with Crippen molar-refractivity contribution in [1.29, 1.82) is 0 Å². The molecule has 0 aromatic rings. The van der Waals surface area contributed by atoms with E-state index in [0.29, 0.717) is 12.1 Å². The normalized spacial score (nSPS) is 37.3. The van der Waals surface area contributed by atoms with Gasteiger partial charge in [0.1, 0.15) is 0 Å². The van der Waals surface area contributed by atoms with Crippen molar-refractivity contribution in [3.63, 3.8) is 0 Å². The number of hydrogen-bond acceptors (Lipinski definition) is 3. The van der Waals surface area contributed by atoms with Crippen LogP contribution in [0.15, 0.2) is 0 Å². The molecule has 2 heterocycles. The largest absolute Gasteiger partial charge is 0.305 e. The first-order chi connectivity index (χ1) is 8.50. The molecule has 106 valence electrons. The van der Waals surface area contributed by atoms with Crippen molar-refractivity contribution in [3.8, 4) is 0 Å². The van der Waals surface area contributed by atoms with E-state index in [1.165, 1.54) is 38.9 Å². The fraction of sp³-hybridized carbons (Fsp3) is 1.00. The summed E-state index contributed by atoms with van der Waals surface area (Å²) in [5.41, 5.74) is 0. The molecule has 18 heavy (non-hydrogen) atoms. The summed E-state index contributed by atoms with van der Waals surface area (Å²) >= 11 is 0. The molecule has 0 bridgehead atoms. The van der Waals surface area contributed by atoms with E-state index in [9.17, 15) is 0 Å². The van der Waals surface area contributed by atoms with Crippen molar-refractivity contribution in [2.45, 2.75) is 64.2 Å². The minimum absolute atomic E-state index is 0.675. The summed E-state index contributed by atoms with van der Waals surface area (Å²) in [6, 6.07) is 2.90. The molecule has 0 aliphatic carbocycles. The Bertz CT molecular complexity index is 266. The summed E-state index contributed by atoms with van der Waals surface area (Å²) in [6.07, 6.45) is 4.06. The average molecular weight is 253 g/mol. The Kier molecular flexibility index (Phi) is 4.68. The first-order valence-electron chi connectivity index (χ1n) is 7.67. The topological polar surface area (TPSA) is 9.72 Å². The number of likely N-dealkylation sites (N-methyl/N-ethyl adjacent to an activating group) is 2. The van der Waals surface area contributed by atoms with Gasteiger partial charge in [0, 0.05) is 30.7 Å². The minimum atomic E-state index is 0.675. The summed E-state index contributed by atoms with van der Waals surface area (Å²) < 4.78 is 0. The van der Waals surface area contributed by atoms with Crippen LogP contribution in [0.5, 0.6) is 0 Å². The molecule has 2 aliphatic heterocycles. The Labute approximate surface area is 113 Å². The Morgan fingerprint density at radius 1 is 1.00 bits per heavy atom. The van der Waals surface area contributed by atoms with Gasteiger partial charge in [-0.2, -0.15) is 0 Å². The third-order valence-corrected chi connectivity index (χ3v) is 4.93. The van der Waals surface area contributed by atoms with Crippen LogP contribution >= 0.6 is 0 Å². The Balaban J connectivity index is 2.12. The predicted octanol–water partition coefficient (Wildman–Crippen LogP) is 1.88. The lowest BCUT2D eigenvalue weighted by Gasteiger charge is -2.40. The fourth-order valence-electron chi connectivity index (χ4n) is 4.04. The molecule has 0 N–H and O–H groups in total. The van der Waals surface area contributed by atoms with E-state index in [-0.39, 0.29) is 0 Å². The van der Waals surface area contributed by atoms with E-state index < -0.39 is 0 Å². The molecule has 2 fully saturated rings. The van der Waals surface area contributed by atoms with Gasteiger partial charge in [-0.05, 0) is 67.2 Å². The maximum absolute atomic E-state index is 2.76.